The fraction of sp³-hybridized carbons (Fsp3) is 0.562. The molecule has 0 saturated carbocycles. The molecule has 1 aliphatic heterocycles. The predicted octanol–water partition coefficient (Wildman–Crippen LogP) is 0.964. The highest BCUT2D eigenvalue weighted by Crippen LogP contribution is 2.14. The molecule has 118 valence electrons. The van der Waals surface area contributed by atoms with Crippen LogP contribution < -0.4 is 4.90 Å². The van der Waals surface area contributed by atoms with Gasteiger partial charge in [0.2, 0.25) is 5.91 Å². The third-order valence-corrected chi connectivity index (χ3v) is 4.19. The third kappa shape index (κ3) is 3.74. The fourth-order valence-corrected chi connectivity index (χ4v) is 2.36. The van der Waals surface area contributed by atoms with Crippen molar-refractivity contribution in [3.63, 3.8) is 0 Å². The minimum absolute atomic E-state index is 0.0159. The Hall–Kier alpha value is -2.13. The van der Waals surface area contributed by atoms with Crippen molar-refractivity contribution in [1.82, 2.24) is 14.8 Å². The summed E-state index contributed by atoms with van der Waals surface area (Å²) in [7, 11) is 1.69. The number of hydrogen-bond acceptors (Lipinski definition) is 5. The second-order valence-corrected chi connectivity index (χ2v) is 6.07. The lowest BCUT2D eigenvalue weighted by Gasteiger charge is -2.37. The number of piperazine rings is 1. The minimum atomic E-state index is -0.771. The lowest BCUT2D eigenvalue weighted by Crippen LogP contribution is -2.52. The first-order valence-corrected chi connectivity index (χ1v) is 7.50. The average Bonchev–Trinajstić information content (AvgIpc) is 2.55. The highest BCUT2D eigenvalue weighted by atomic mass is 16.2. The molecule has 1 saturated heterocycles. The van der Waals surface area contributed by atoms with Crippen LogP contribution in [0, 0.1) is 11.3 Å². The van der Waals surface area contributed by atoms with E-state index in [2.05, 4.69) is 20.9 Å². The lowest BCUT2D eigenvalue weighted by molar-refractivity contribution is -0.134. The first kappa shape index (κ1) is 16.2. The molecule has 2 heterocycles. The van der Waals surface area contributed by atoms with Crippen LogP contribution in [0.25, 0.3) is 0 Å². The summed E-state index contributed by atoms with van der Waals surface area (Å²) >= 11 is 0. The lowest BCUT2D eigenvalue weighted by atomic mass is 10.1. The van der Waals surface area contributed by atoms with E-state index in [4.69, 9.17) is 5.26 Å². The maximum absolute atomic E-state index is 12.3. The molecule has 0 N–H and O–H groups in total. The van der Waals surface area contributed by atoms with Crippen LogP contribution in [-0.4, -0.2) is 66.0 Å². The summed E-state index contributed by atoms with van der Waals surface area (Å²) in [6.45, 7) is 7.23. The monoisotopic (exact) mass is 301 g/mol. The Morgan fingerprint density at radius 2 is 2.05 bits per heavy atom. The summed E-state index contributed by atoms with van der Waals surface area (Å²) in [5.74, 6) is 0.967. The number of hydrogen-bond donors (Lipinski definition) is 0. The molecule has 0 atom stereocenters. The summed E-state index contributed by atoms with van der Waals surface area (Å²) in [5, 5.41) is 9.11. The number of amides is 1. The summed E-state index contributed by atoms with van der Waals surface area (Å²) in [6.07, 6.45) is 1.80. The van der Waals surface area contributed by atoms with Gasteiger partial charge in [-0.15, -0.1) is 0 Å². The van der Waals surface area contributed by atoms with Crippen molar-refractivity contribution < 1.29 is 4.79 Å². The molecule has 0 aliphatic carbocycles. The highest BCUT2D eigenvalue weighted by molar-refractivity contribution is 5.79. The molecular formula is C16H23N5O. The standard InChI is InChI=1S/C16H23N5O/c1-16(2,13-17)19(3)15(22)12-20-8-10-21(11-9-20)14-6-4-5-7-18-14/h4-7H,8-12H2,1-3H3. The third-order valence-electron chi connectivity index (χ3n) is 4.19. The number of anilines is 1. The Morgan fingerprint density at radius 3 is 2.59 bits per heavy atom. The summed E-state index contributed by atoms with van der Waals surface area (Å²) < 4.78 is 0. The molecule has 1 fully saturated rings. The molecule has 0 aromatic carbocycles. The van der Waals surface area contributed by atoms with E-state index in [-0.39, 0.29) is 5.91 Å². The van der Waals surface area contributed by atoms with Crippen LogP contribution in [-0.2, 0) is 4.79 Å². The minimum Gasteiger partial charge on any atom is -0.354 e. The van der Waals surface area contributed by atoms with Gasteiger partial charge in [-0.05, 0) is 26.0 Å². The van der Waals surface area contributed by atoms with Gasteiger partial charge < -0.3 is 9.80 Å². The molecule has 1 aliphatic rings. The van der Waals surface area contributed by atoms with E-state index in [9.17, 15) is 4.79 Å². The number of carbonyl (C=O) groups is 1. The van der Waals surface area contributed by atoms with Gasteiger partial charge in [0.05, 0.1) is 12.6 Å². The summed E-state index contributed by atoms with van der Waals surface area (Å²) in [4.78, 5) is 22.5. The van der Waals surface area contributed by atoms with E-state index in [0.29, 0.717) is 6.54 Å². The van der Waals surface area contributed by atoms with Crippen molar-refractivity contribution >= 4 is 11.7 Å². The summed E-state index contributed by atoms with van der Waals surface area (Å²) in [6, 6.07) is 8.05. The Labute approximate surface area is 131 Å². The van der Waals surface area contributed by atoms with Crippen molar-refractivity contribution in [2.75, 3.05) is 44.7 Å². The first-order valence-electron chi connectivity index (χ1n) is 7.50. The smallest absolute Gasteiger partial charge is 0.237 e. The van der Waals surface area contributed by atoms with Crippen molar-refractivity contribution in [2.24, 2.45) is 0 Å². The molecule has 6 nitrogen and oxygen atoms in total. The van der Waals surface area contributed by atoms with Crippen molar-refractivity contribution in [3.8, 4) is 6.07 Å². The molecule has 0 unspecified atom stereocenters. The van der Waals surface area contributed by atoms with Gasteiger partial charge in [0, 0.05) is 39.4 Å². The predicted molar refractivity (Wildman–Crippen MR) is 85.4 cm³/mol. The maximum atomic E-state index is 12.3. The molecule has 0 radical (unpaired) electrons. The quantitative estimate of drug-likeness (QED) is 0.829. The molecule has 1 aromatic rings. The van der Waals surface area contributed by atoms with Gasteiger partial charge in [-0.25, -0.2) is 4.98 Å². The molecular weight excluding hydrogens is 278 g/mol. The van der Waals surface area contributed by atoms with Crippen molar-refractivity contribution in [1.29, 1.82) is 5.26 Å². The van der Waals surface area contributed by atoms with Gasteiger partial charge in [0.1, 0.15) is 11.4 Å². The van der Waals surface area contributed by atoms with Gasteiger partial charge >= 0.3 is 0 Å². The Morgan fingerprint density at radius 1 is 1.36 bits per heavy atom. The van der Waals surface area contributed by atoms with E-state index in [1.807, 2.05) is 18.2 Å². The van der Waals surface area contributed by atoms with Gasteiger partial charge in [0.25, 0.3) is 0 Å². The number of nitriles is 1. The van der Waals surface area contributed by atoms with Crippen molar-refractivity contribution in [3.05, 3.63) is 24.4 Å². The zero-order chi connectivity index (χ0) is 16.2. The Balaban J connectivity index is 1.85. The number of aromatic nitrogens is 1. The van der Waals surface area contributed by atoms with E-state index in [1.165, 1.54) is 4.90 Å². The van der Waals surface area contributed by atoms with Gasteiger partial charge in [-0.1, -0.05) is 6.07 Å². The summed E-state index contributed by atoms with van der Waals surface area (Å²) in [5.41, 5.74) is -0.771. The van der Waals surface area contributed by atoms with Crippen LogP contribution in [0.4, 0.5) is 5.82 Å². The van der Waals surface area contributed by atoms with Crippen LogP contribution >= 0.6 is 0 Å². The van der Waals surface area contributed by atoms with Gasteiger partial charge in [-0.3, -0.25) is 9.69 Å². The van der Waals surface area contributed by atoms with E-state index >= 15 is 0 Å². The molecule has 1 aromatic heterocycles. The van der Waals surface area contributed by atoms with E-state index < -0.39 is 5.54 Å². The Bertz CT molecular complexity index is 543. The van der Waals surface area contributed by atoms with Gasteiger partial charge in [0.15, 0.2) is 0 Å². The van der Waals surface area contributed by atoms with Crippen LogP contribution in [0.3, 0.4) is 0 Å². The van der Waals surface area contributed by atoms with Gasteiger partial charge in [-0.2, -0.15) is 5.26 Å². The number of nitrogens with zero attached hydrogens (tertiary/aromatic N) is 5. The van der Waals surface area contributed by atoms with E-state index in [0.717, 1.165) is 32.0 Å². The number of likely N-dealkylation sites (N-methyl/N-ethyl adjacent to an activating group) is 1. The first-order chi connectivity index (χ1) is 10.4. The topological polar surface area (TPSA) is 63.5 Å². The zero-order valence-corrected chi connectivity index (χ0v) is 13.5. The molecule has 1 amide bonds. The second-order valence-electron chi connectivity index (χ2n) is 6.07. The van der Waals surface area contributed by atoms with E-state index in [1.54, 1.807) is 27.1 Å². The normalized spacial score (nSPS) is 16.2. The Kier molecular flexibility index (Phi) is 4.99. The molecule has 6 heteroatoms. The maximum Gasteiger partial charge on any atom is 0.237 e. The van der Waals surface area contributed by atoms with Crippen LogP contribution in [0.1, 0.15) is 13.8 Å². The van der Waals surface area contributed by atoms with Crippen molar-refractivity contribution in [2.45, 2.75) is 19.4 Å². The molecule has 2 rings (SSSR count). The number of rotatable bonds is 4. The largest absolute Gasteiger partial charge is 0.354 e. The molecule has 0 spiro atoms. The SMILES string of the molecule is CN(C(=O)CN1CCN(c2ccccn2)CC1)C(C)(C)C#N. The average molecular weight is 301 g/mol. The second kappa shape index (κ2) is 6.75. The number of pyridine rings is 1. The van der Waals surface area contributed by atoms with Crippen LogP contribution in [0.15, 0.2) is 24.4 Å². The number of carbonyl (C=O) groups excluding carboxylic acids is 1. The fourth-order valence-electron chi connectivity index (χ4n) is 2.36. The molecule has 22 heavy (non-hydrogen) atoms. The highest BCUT2D eigenvalue weighted by Gasteiger charge is 2.29. The van der Waals surface area contributed by atoms with Crippen LogP contribution in [0.5, 0.6) is 0 Å². The molecule has 0 bridgehead atoms. The van der Waals surface area contributed by atoms with Crippen LogP contribution in [0.2, 0.25) is 0 Å². The zero-order valence-electron chi connectivity index (χ0n) is 13.5.